The molecule has 3 rings (SSSR count). The molecule has 138 valence electrons. The summed E-state index contributed by atoms with van der Waals surface area (Å²) >= 11 is 0. The van der Waals surface area contributed by atoms with E-state index in [4.69, 9.17) is 5.73 Å². The monoisotopic (exact) mass is 353 g/mol. The first kappa shape index (κ1) is 18.1. The van der Waals surface area contributed by atoms with Gasteiger partial charge in [0, 0.05) is 16.9 Å². The number of rotatable bonds is 3. The van der Waals surface area contributed by atoms with Gasteiger partial charge in [-0.3, -0.25) is 4.90 Å². The minimum absolute atomic E-state index is 0.510. The van der Waals surface area contributed by atoms with Crippen LogP contribution in [0.4, 0.5) is 27.5 Å². The largest absolute Gasteiger partial charge is 0.465 e. The van der Waals surface area contributed by atoms with Crippen LogP contribution in [-0.4, -0.2) is 16.7 Å². The summed E-state index contributed by atoms with van der Waals surface area (Å²) < 4.78 is 0. The van der Waals surface area contributed by atoms with Crippen LogP contribution in [0.25, 0.3) is 0 Å². The Morgan fingerprint density at radius 3 is 2.35 bits per heavy atom. The van der Waals surface area contributed by atoms with E-state index in [2.05, 4.69) is 11.4 Å². The molecule has 2 aromatic carbocycles. The lowest BCUT2D eigenvalue weighted by atomic mass is 9.90. The minimum atomic E-state index is -0.961. The average molecular weight is 353 g/mol. The maximum Gasteiger partial charge on any atom is 0.412 e. The van der Waals surface area contributed by atoms with Crippen LogP contribution < -0.4 is 16.0 Å². The van der Waals surface area contributed by atoms with E-state index in [1.54, 1.807) is 0 Å². The molecule has 0 atom stereocenters. The molecule has 4 N–H and O–H groups in total. The number of benzene rings is 2. The summed E-state index contributed by atoms with van der Waals surface area (Å²) in [5.41, 5.74) is 11.8. The Kier molecular flexibility index (Phi) is 4.81. The van der Waals surface area contributed by atoms with Crippen LogP contribution in [0.1, 0.15) is 44.7 Å². The summed E-state index contributed by atoms with van der Waals surface area (Å²) in [6.45, 7) is 5.63. The number of anilines is 4. The highest BCUT2D eigenvalue weighted by atomic mass is 16.4. The molecule has 1 aliphatic carbocycles. The van der Waals surface area contributed by atoms with E-state index in [1.165, 1.54) is 28.9 Å². The Hall–Kier alpha value is -2.69. The average Bonchev–Trinajstić information content (AvgIpc) is 2.58. The number of hydrogen-bond acceptors (Lipinski definition) is 3. The second-order valence-electron chi connectivity index (χ2n) is 7.83. The van der Waals surface area contributed by atoms with Crippen molar-refractivity contribution in [2.75, 3.05) is 16.0 Å². The van der Waals surface area contributed by atoms with Gasteiger partial charge in [0.25, 0.3) is 0 Å². The molecule has 5 nitrogen and oxygen atoms in total. The zero-order valence-corrected chi connectivity index (χ0v) is 15.7. The number of nitrogens with one attached hydrogen (secondary N) is 1. The molecule has 0 unspecified atom stereocenters. The van der Waals surface area contributed by atoms with Crippen LogP contribution in [0.15, 0.2) is 36.4 Å². The Morgan fingerprint density at radius 1 is 1.08 bits per heavy atom. The number of amides is 1. The van der Waals surface area contributed by atoms with Gasteiger partial charge < -0.3 is 16.2 Å². The summed E-state index contributed by atoms with van der Waals surface area (Å²) in [7, 11) is 0. The van der Waals surface area contributed by atoms with Gasteiger partial charge in [-0.2, -0.15) is 0 Å². The molecule has 0 bridgehead atoms. The topological polar surface area (TPSA) is 78.6 Å². The first-order valence-electron chi connectivity index (χ1n) is 9.08. The van der Waals surface area contributed by atoms with Crippen molar-refractivity contribution in [3.8, 4) is 0 Å². The van der Waals surface area contributed by atoms with Gasteiger partial charge in [-0.1, -0.05) is 6.07 Å². The second kappa shape index (κ2) is 6.90. The zero-order chi connectivity index (χ0) is 18.9. The van der Waals surface area contributed by atoms with Crippen LogP contribution >= 0.6 is 0 Å². The van der Waals surface area contributed by atoms with Crippen molar-refractivity contribution >= 4 is 28.8 Å². The van der Waals surface area contributed by atoms with Crippen molar-refractivity contribution in [3.63, 3.8) is 0 Å². The van der Waals surface area contributed by atoms with Gasteiger partial charge in [0.1, 0.15) is 0 Å². The predicted octanol–water partition coefficient (Wildman–Crippen LogP) is 5.17. The van der Waals surface area contributed by atoms with Gasteiger partial charge in [0.15, 0.2) is 0 Å². The lowest BCUT2D eigenvalue weighted by Gasteiger charge is -2.33. The Labute approximate surface area is 154 Å². The molecular formula is C21H27N3O2. The molecule has 0 fully saturated rings. The number of nitrogen functional groups attached to an aromatic ring is 1. The molecule has 26 heavy (non-hydrogen) atoms. The van der Waals surface area contributed by atoms with E-state index < -0.39 is 11.6 Å². The van der Waals surface area contributed by atoms with E-state index in [9.17, 15) is 9.90 Å². The van der Waals surface area contributed by atoms with E-state index in [0.717, 1.165) is 29.9 Å². The molecule has 0 radical (unpaired) electrons. The summed E-state index contributed by atoms with van der Waals surface area (Å²) in [5, 5.41) is 12.9. The molecule has 0 aliphatic heterocycles. The minimum Gasteiger partial charge on any atom is -0.465 e. The Balaban J connectivity index is 1.83. The van der Waals surface area contributed by atoms with Gasteiger partial charge in [0.05, 0.1) is 11.4 Å². The number of hydrogen-bond donors (Lipinski definition) is 3. The fourth-order valence-electron chi connectivity index (χ4n) is 3.60. The molecule has 0 aromatic heterocycles. The highest BCUT2D eigenvalue weighted by Crippen LogP contribution is 2.34. The van der Waals surface area contributed by atoms with E-state index in [0.29, 0.717) is 5.69 Å². The number of nitrogens with zero attached hydrogens (tertiary/aromatic N) is 1. The normalized spacial score (nSPS) is 13.8. The van der Waals surface area contributed by atoms with E-state index in [-0.39, 0.29) is 0 Å². The SMILES string of the molecule is CC(C)(C)N(C(=O)O)c1ccc(Nc2ccc3c(c2N)CCCC3)cc1. The third-order valence-corrected chi connectivity index (χ3v) is 4.84. The molecule has 1 amide bonds. The quantitative estimate of drug-likeness (QED) is 0.665. The molecule has 1 aliphatic rings. The van der Waals surface area contributed by atoms with Crippen LogP contribution in [-0.2, 0) is 12.8 Å². The highest BCUT2D eigenvalue weighted by Gasteiger charge is 2.27. The van der Waals surface area contributed by atoms with Crippen LogP contribution in [0, 0.1) is 0 Å². The molecule has 0 heterocycles. The van der Waals surface area contributed by atoms with Gasteiger partial charge in [-0.15, -0.1) is 0 Å². The Morgan fingerprint density at radius 2 is 1.73 bits per heavy atom. The standard InChI is InChI=1S/C21H27N3O2/c1-21(2,3)24(20(25)26)16-11-9-15(10-12-16)23-18-13-8-14-6-4-5-7-17(14)19(18)22/h8-13,23H,4-7,22H2,1-3H3,(H,25,26). The van der Waals surface area contributed by atoms with Gasteiger partial charge >= 0.3 is 6.09 Å². The van der Waals surface area contributed by atoms with Crippen molar-refractivity contribution in [2.24, 2.45) is 0 Å². The van der Waals surface area contributed by atoms with E-state index in [1.807, 2.05) is 51.1 Å². The maximum atomic E-state index is 11.6. The fraction of sp³-hybridized carbons (Fsp3) is 0.381. The number of carbonyl (C=O) groups is 1. The van der Waals surface area contributed by atoms with Crippen molar-refractivity contribution in [1.82, 2.24) is 0 Å². The molecule has 0 saturated heterocycles. The van der Waals surface area contributed by atoms with Gasteiger partial charge in [0.2, 0.25) is 0 Å². The third-order valence-electron chi connectivity index (χ3n) is 4.84. The number of fused-ring (bicyclic) bond motifs is 1. The number of carboxylic acid groups (broad SMARTS) is 1. The van der Waals surface area contributed by atoms with Crippen molar-refractivity contribution in [2.45, 2.75) is 52.0 Å². The lowest BCUT2D eigenvalue weighted by Crippen LogP contribution is -2.45. The van der Waals surface area contributed by atoms with Crippen LogP contribution in [0.2, 0.25) is 0 Å². The summed E-state index contributed by atoms with van der Waals surface area (Å²) in [5.74, 6) is 0. The van der Waals surface area contributed by atoms with Gasteiger partial charge in [-0.25, -0.2) is 4.79 Å². The first-order chi connectivity index (χ1) is 12.3. The fourth-order valence-corrected chi connectivity index (χ4v) is 3.60. The maximum absolute atomic E-state index is 11.6. The summed E-state index contributed by atoms with van der Waals surface area (Å²) in [4.78, 5) is 13.0. The summed E-state index contributed by atoms with van der Waals surface area (Å²) in [6, 6.07) is 11.6. The zero-order valence-electron chi connectivity index (χ0n) is 15.7. The number of aryl methyl sites for hydroxylation is 1. The molecule has 0 saturated carbocycles. The molecule has 2 aromatic rings. The summed E-state index contributed by atoms with van der Waals surface area (Å²) in [6.07, 6.45) is 3.60. The lowest BCUT2D eigenvalue weighted by molar-refractivity contribution is 0.195. The van der Waals surface area contributed by atoms with Gasteiger partial charge in [-0.05, 0) is 87.9 Å². The first-order valence-corrected chi connectivity index (χ1v) is 9.08. The van der Waals surface area contributed by atoms with Crippen molar-refractivity contribution in [1.29, 1.82) is 0 Å². The predicted molar refractivity (Wildman–Crippen MR) is 107 cm³/mol. The highest BCUT2D eigenvalue weighted by molar-refractivity contribution is 5.88. The molecule has 0 spiro atoms. The van der Waals surface area contributed by atoms with Crippen molar-refractivity contribution in [3.05, 3.63) is 47.5 Å². The Bertz CT molecular complexity index is 807. The van der Waals surface area contributed by atoms with Crippen LogP contribution in [0.5, 0.6) is 0 Å². The third kappa shape index (κ3) is 3.62. The smallest absolute Gasteiger partial charge is 0.412 e. The molecular weight excluding hydrogens is 326 g/mol. The van der Waals surface area contributed by atoms with Crippen molar-refractivity contribution < 1.29 is 9.90 Å². The molecule has 5 heteroatoms. The second-order valence-corrected chi connectivity index (χ2v) is 7.83. The number of nitrogens with two attached hydrogens (primary N) is 1. The van der Waals surface area contributed by atoms with E-state index >= 15 is 0 Å². The van der Waals surface area contributed by atoms with Crippen LogP contribution in [0.3, 0.4) is 0 Å².